The maximum absolute atomic E-state index is 11.9. The van der Waals surface area contributed by atoms with E-state index in [2.05, 4.69) is 5.32 Å². The molecule has 0 spiro atoms. The molecule has 5 heteroatoms. The van der Waals surface area contributed by atoms with Gasteiger partial charge in [0.1, 0.15) is 11.6 Å². The van der Waals surface area contributed by atoms with Crippen molar-refractivity contribution in [2.24, 2.45) is 5.92 Å². The van der Waals surface area contributed by atoms with Gasteiger partial charge in [-0.05, 0) is 39.0 Å². The van der Waals surface area contributed by atoms with Crippen LogP contribution >= 0.6 is 0 Å². The van der Waals surface area contributed by atoms with Crippen LogP contribution in [0.3, 0.4) is 0 Å². The summed E-state index contributed by atoms with van der Waals surface area (Å²) >= 11 is 0. The highest BCUT2D eigenvalue weighted by atomic mass is 16.6. The third kappa shape index (κ3) is 5.39. The van der Waals surface area contributed by atoms with Crippen LogP contribution in [0.5, 0.6) is 0 Å². The van der Waals surface area contributed by atoms with E-state index in [4.69, 9.17) is 4.74 Å². The van der Waals surface area contributed by atoms with E-state index < -0.39 is 23.7 Å². The molecular formula is C15H27NO4. The molecule has 0 bridgehead atoms. The Balaban J connectivity index is 2.56. The van der Waals surface area contributed by atoms with Gasteiger partial charge in [0.15, 0.2) is 0 Å². The zero-order chi connectivity index (χ0) is 15.2. The van der Waals surface area contributed by atoms with Gasteiger partial charge in [-0.25, -0.2) is 9.59 Å². The van der Waals surface area contributed by atoms with E-state index in [1.807, 2.05) is 20.8 Å². The summed E-state index contributed by atoms with van der Waals surface area (Å²) < 4.78 is 5.34. The van der Waals surface area contributed by atoms with Gasteiger partial charge in [0.2, 0.25) is 0 Å². The Morgan fingerprint density at radius 3 is 2.40 bits per heavy atom. The molecule has 0 aromatic heterocycles. The van der Waals surface area contributed by atoms with Crippen molar-refractivity contribution >= 4 is 12.1 Å². The van der Waals surface area contributed by atoms with Gasteiger partial charge < -0.3 is 15.2 Å². The van der Waals surface area contributed by atoms with E-state index in [-0.39, 0.29) is 5.92 Å². The maximum Gasteiger partial charge on any atom is 0.408 e. The number of carbonyl (C=O) groups excluding carboxylic acids is 1. The molecule has 1 aliphatic carbocycles. The van der Waals surface area contributed by atoms with E-state index in [1.54, 1.807) is 0 Å². The average Bonchev–Trinajstić information content (AvgIpc) is 2.36. The Morgan fingerprint density at radius 1 is 1.30 bits per heavy atom. The number of rotatable bonds is 6. The van der Waals surface area contributed by atoms with Crippen molar-refractivity contribution in [1.29, 1.82) is 0 Å². The first-order valence-corrected chi connectivity index (χ1v) is 7.58. The van der Waals surface area contributed by atoms with E-state index in [0.717, 1.165) is 44.9 Å². The van der Waals surface area contributed by atoms with Crippen molar-refractivity contribution in [3.63, 3.8) is 0 Å². The molecule has 1 saturated carbocycles. The van der Waals surface area contributed by atoms with Crippen LogP contribution in [0.25, 0.3) is 0 Å². The second-order valence-electron chi connectivity index (χ2n) is 6.26. The summed E-state index contributed by atoms with van der Waals surface area (Å²) in [7, 11) is 0. The molecule has 0 aromatic rings. The fraction of sp³-hybridized carbons (Fsp3) is 0.867. The summed E-state index contributed by atoms with van der Waals surface area (Å²) in [5, 5.41) is 11.8. The van der Waals surface area contributed by atoms with Crippen LogP contribution in [0.4, 0.5) is 4.79 Å². The molecule has 0 aromatic carbocycles. The zero-order valence-corrected chi connectivity index (χ0v) is 12.8. The van der Waals surface area contributed by atoms with Crippen molar-refractivity contribution in [3.05, 3.63) is 0 Å². The topological polar surface area (TPSA) is 75.6 Å². The molecule has 0 aliphatic heterocycles. The fourth-order valence-electron chi connectivity index (χ4n) is 2.91. The van der Waals surface area contributed by atoms with E-state index in [1.165, 1.54) is 0 Å². The quantitative estimate of drug-likeness (QED) is 0.785. The lowest BCUT2D eigenvalue weighted by molar-refractivity contribution is -0.141. The predicted octanol–water partition coefficient (Wildman–Crippen LogP) is 3.32. The molecule has 1 amide bonds. The Morgan fingerprint density at radius 2 is 1.90 bits per heavy atom. The van der Waals surface area contributed by atoms with Gasteiger partial charge in [-0.15, -0.1) is 0 Å². The van der Waals surface area contributed by atoms with Crippen LogP contribution in [0.2, 0.25) is 0 Å². The molecule has 0 heterocycles. The summed E-state index contributed by atoms with van der Waals surface area (Å²) in [6, 6.07) is -0.833. The minimum absolute atomic E-state index is 0.0167. The molecule has 1 aliphatic rings. The van der Waals surface area contributed by atoms with Gasteiger partial charge in [-0.2, -0.15) is 0 Å². The molecule has 0 saturated heterocycles. The molecule has 2 N–H and O–H groups in total. The highest BCUT2D eigenvalue weighted by Gasteiger charge is 2.32. The number of amides is 1. The summed E-state index contributed by atoms with van der Waals surface area (Å²) in [4.78, 5) is 23.2. The molecule has 0 unspecified atom stereocenters. The van der Waals surface area contributed by atoms with Crippen molar-refractivity contribution < 1.29 is 19.4 Å². The van der Waals surface area contributed by atoms with Crippen molar-refractivity contribution in [2.75, 3.05) is 0 Å². The molecule has 1 fully saturated rings. The summed E-state index contributed by atoms with van der Waals surface area (Å²) in [5.41, 5.74) is -0.561. The second kappa shape index (κ2) is 7.50. The second-order valence-corrected chi connectivity index (χ2v) is 6.26. The number of nitrogens with one attached hydrogen (secondary N) is 1. The molecule has 116 valence electrons. The molecule has 5 nitrogen and oxygen atoms in total. The van der Waals surface area contributed by atoms with Crippen molar-refractivity contribution in [3.8, 4) is 0 Å². The van der Waals surface area contributed by atoms with Crippen LogP contribution in [0.1, 0.15) is 65.7 Å². The maximum atomic E-state index is 11.9. The predicted molar refractivity (Wildman–Crippen MR) is 76.6 cm³/mol. The van der Waals surface area contributed by atoms with E-state index >= 15 is 0 Å². The Hall–Kier alpha value is -1.26. The third-order valence-electron chi connectivity index (χ3n) is 3.88. The number of hydrogen-bond donors (Lipinski definition) is 2. The highest BCUT2D eigenvalue weighted by molar-refractivity contribution is 5.80. The largest absolute Gasteiger partial charge is 0.480 e. The molecule has 20 heavy (non-hydrogen) atoms. The number of carboxylic acids is 1. The number of aliphatic carboxylic acids is 1. The Labute approximate surface area is 121 Å². The van der Waals surface area contributed by atoms with E-state index in [9.17, 15) is 14.7 Å². The van der Waals surface area contributed by atoms with Gasteiger partial charge in [-0.1, -0.05) is 32.6 Å². The van der Waals surface area contributed by atoms with Gasteiger partial charge in [-0.3, -0.25) is 0 Å². The molecule has 1 atom stereocenters. The number of carboxylic acid groups (broad SMARTS) is 1. The Kier molecular flexibility index (Phi) is 6.30. The van der Waals surface area contributed by atoms with Gasteiger partial charge in [0.05, 0.1) is 0 Å². The third-order valence-corrected chi connectivity index (χ3v) is 3.88. The SMILES string of the molecule is CCCC(C)(C)OC(=O)N[C@H](C(=O)O)C1CCCCC1. The summed E-state index contributed by atoms with van der Waals surface area (Å²) in [6.07, 6.45) is 5.97. The lowest BCUT2D eigenvalue weighted by Gasteiger charge is -2.30. The normalized spacial score (nSPS) is 18.4. The van der Waals surface area contributed by atoms with Crippen molar-refractivity contribution in [2.45, 2.75) is 77.4 Å². The summed E-state index contributed by atoms with van der Waals surface area (Å²) in [6.45, 7) is 5.70. The zero-order valence-electron chi connectivity index (χ0n) is 12.8. The molecule has 0 radical (unpaired) electrons. The van der Waals surface area contributed by atoms with Crippen LogP contribution < -0.4 is 5.32 Å². The van der Waals surface area contributed by atoms with Crippen LogP contribution in [0.15, 0.2) is 0 Å². The summed E-state index contributed by atoms with van der Waals surface area (Å²) in [5.74, 6) is -0.953. The standard InChI is InChI=1S/C15H27NO4/c1-4-10-15(2,3)20-14(19)16-12(13(17)18)11-8-6-5-7-9-11/h11-12H,4-10H2,1-3H3,(H,16,19)(H,17,18)/t12-/m0/s1. The van der Waals surface area contributed by atoms with Crippen molar-refractivity contribution in [1.82, 2.24) is 5.32 Å². The van der Waals surface area contributed by atoms with Crippen LogP contribution in [0, 0.1) is 5.92 Å². The lowest BCUT2D eigenvalue weighted by atomic mass is 9.84. The number of hydrogen-bond acceptors (Lipinski definition) is 3. The van der Waals surface area contributed by atoms with Gasteiger partial charge in [0, 0.05) is 0 Å². The number of alkyl carbamates (subject to hydrolysis) is 1. The number of ether oxygens (including phenoxy) is 1. The smallest absolute Gasteiger partial charge is 0.408 e. The molecular weight excluding hydrogens is 258 g/mol. The van der Waals surface area contributed by atoms with Gasteiger partial charge >= 0.3 is 12.1 Å². The minimum atomic E-state index is -0.970. The van der Waals surface area contributed by atoms with Crippen LogP contribution in [-0.2, 0) is 9.53 Å². The fourth-order valence-corrected chi connectivity index (χ4v) is 2.91. The first-order valence-electron chi connectivity index (χ1n) is 7.58. The highest BCUT2D eigenvalue weighted by Crippen LogP contribution is 2.27. The molecule has 1 rings (SSSR count). The monoisotopic (exact) mass is 285 g/mol. The Bertz CT molecular complexity index is 335. The average molecular weight is 285 g/mol. The number of carbonyl (C=O) groups is 2. The van der Waals surface area contributed by atoms with E-state index in [0.29, 0.717) is 0 Å². The first kappa shape index (κ1) is 16.8. The van der Waals surface area contributed by atoms with Gasteiger partial charge in [0.25, 0.3) is 0 Å². The lowest BCUT2D eigenvalue weighted by Crippen LogP contribution is -2.48. The minimum Gasteiger partial charge on any atom is -0.480 e. The first-order chi connectivity index (χ1) is 9.35. The van der Waals surface area contributed by atoms with Crippen LogP contribution in [-0.4, -0.2) is 28.8 Å².